The van der Waals surface area contributed by atoms with E-state index in [0.29, 0.717) is 6.04 Å². The van der Waals surface area contributed by atoms with Gasteiger partial charge >= 0.3 is 0 Å². The van der Waals surface area contributed by atoms with Gasteiger partial charge in [-0.3, -0.25) is 0 Å². The summed E-state index contributed by atoms with van der Waals surface area (Å²) in [6.45, 7) is 4.53. The third-order valence-corrected chi connectivity index (χ3v) is 3.57. The van der Waals surface area contributed by atoms with Gasteiger partial charge in [0.15, 0.2) is 0 Å². The van der Waals surface area contributed by atoms with E-state index in [0.717, 1.165) is 24.8 Å². The van der Waals surface area contributed by atoms with Crippen molar-refractivity contribution in [1.82, 2.24) is 5.32 Å². The standard InChI is InChI=1S/C14H22N2O/c1-11-8-13(10-15-9-11)16(2)12-4-6-14(17-3)7-5-12/h4-7,11,13,15H,8-10H2,1-3H3. The quantitative estimate of drug-likeness (QED) is 0.867. The monoisotopic (exact) mass is 234 g/mol. The maximum absolute atomic E-state index is 5.18. The number of methoxy groups -OCH3 is 1. The molecule has 3 heteroatoms. The van der Waals surface area contributed by atoms with E-state index in [4.69, 9.17) is 4.74 Å². The molecular weight excluding hydrogens is 212 g/mol. The van der Waals surface area contributed by atoms with E-state index in [2.05, 4.69) is 36.3 Å². The molecule has 0 aliphatic carbocycles. The number of likely N-dealkylation sites (N-methyl/N-ethyl adjacent to an activating group) is 1. The van der Waals surface area contributed by atoms with Gasteiger partial charge < -0.3 is 15.0 Å². The normalized spacial score (nSPS) is 24.4. The van der Waals surface area contributed by atoms with Crippen LogP contribution in [0.25, 0.3) is 0 Å². The summed E-state index contributed by atoms with van der Waals surface area (Å²) in [7, 11) is 3.87. The Kier molecular flexibility index (Phi) is 3.89. The molecule has 1 saturated heterocycles. The Morgan fingerprint density at radius 1 is 1.24 bits per heavy atom. The van der Waals surface area contributed by atoms with Crippen LogP contribution in [0.4, 0.5) is 5.69 Å². The molecule has 94 valence electrons. The second-order valence-electron chi connectivity index (χ2n) is 4.96. The van der Waals surface area contributed by atoms with Gasteiger partial charge in [0.25, 0.3) is 0 Å². The summed E-state index contributed by atoms with van der Waals surface area (Å²) >= 11 is 0. The average molecular weight is 234 g/mol. The second-order valence-corrected chi connectivity index (χ2v) is 4.96. The summed E-state index contributed by atoms with van der Waals surface area (Å²) in [4.78, 5) is 2.36. The predicted molar refractivity (Wildman–Crippen MR) is 71.8 cm³/mol. The molecule has 1 N–H and O–H groups in total. The molecule has 2 atom stereocenters. The van der Waals surface area contributed by atoms with Crippen LogP contribution in [0.1, 0.15) is 13.3 Å². The number of rotatable bonds is 3. The van der Waals surface area contributed by atoms with Gasteiger partial charge in [0.05, 0.1) is 7.11 Å². The number of hydrogen-bond acceptors (Lipinski definition) is 3. The van der Waals surface area contributed by atoms with Crippen LogP contribution >= 0.6 is 0 Å². The van der Waals surface area contributed by atoms with E-state index in [1.54, 1.807) is 7.11 Å². The number of hydrogen-bond donors (Lipinski definition) is 1. The van der Waals surface area contributed by atoms with Gasteiger partial charge in [0.2, 0.25) is 0 Å². The second kappa shape index (κ2) is 5.41. The lowest BCUT2D eigenvalue weighted by atomic mass is 9.96. The SMILES string of the molecule is COc1ccc(N(C)C2CNCC(C)C2)cc1. The number of anilines is 1. The van der Waals surface area contributed by atoms with Crippen LogP contribution in [0, 0.1) is 5.92 Å². The lowest BCUT2D eigenvalue weighted by Crippen LogP contribution is -2.47. The van der Waals surface area contributed by atoms with E-state index < -0.39 is 0 Å². The highest BCUT2D eigenvalue weighted by molar-refractivity contribution is 5.49. The Hall–Kier alpha value is -1.22. The fourth-order valence-electron chi connectivity index (χ4n) is 2.45. The van der Waals surface area contributed by atoms with Crippen molar-refractivity contribution in [3.63, 3.8) is 0 Å². The Labute approximate surface area is 104 Å². The summed E-state index contributed by atoms with van der Waals surface area (Å²) in [6.07, 6.45) is 1.26. The molecule has 1 aliphatic heterocycles. The first-order valence-electron chi connectivity index (χ1n) is 6.28. The van der Waals surface area contributed by atoms with Gasteiger partial charge in [-0.25, -0.2) is 0 Å². The minimum atomic E-state index is 0.590. The average Bonchev–Trinajstić information content (AvgIpc) is 2.38. The maximum atomic E-state index is 5.18. The molecule has 1 aliphatic rings. The summed E-state index contributed by atoms with van der Waals surface area (Å²) < 4.78 is 5.18. The molecule has 0 aromatic heterocycles. The van der Waals surface area contributed by atoms with Crippen LogP contribution in [0.2, 0.25) is 0 Å². The van der Waals surface area contributed by atoms with Crippen molar-refractivity contribution in [3.8, 4) is 5.75 Å². The lowest BCUT2D eigenvalue weighted by molar-refractivity contribution is 0.355. The van der Waals surface area contributed by atoms with Crippen molar-refractivity contribution < 1.29 is 4.74 Å². The number of nitrogens with one attached hydrogen (secondary N) is 1. The summed E-state index contributed by atoms with van der Waals surface area (Å²) in [5.41, 5.74) is 1.26. The Morgan fingerprint density at radius 2 is 1.94 bits per heavy atom. The van der Waals surface area contributed by atoms with Crippen molar-refractivity contribution in [2.75, 3.05) is 32.1 Å². The molecule has 17 heavy (non-hydrogen) atoms. The van der Waals surface area contributed by atoms with Crippen molar-refractivity contribution in [2.24, 2.45) is 5.92 Å². The highest BCUT2D eigenvalue weighted by atomic mass is 16.5. The lowest BCUT2D eigenvalue weighted by Gasteiger charge is -2.36. The zero-order chi connectivity index (χ0) is 12.3. The van der Waals surface area contributed by atoms with E-state index in [1.807, 2.05) is 12.1 Å². The highest BCUT2D eigenvalue weighted by Crippen LogP contribution is 2.23. The van der Waals surface area contributed by atoms with Crippen molar-refractivity contribution in [2.45, 2.75) is 19.4 Å². The summed E-state index contributed by atoms with van der Waals surface area (Å²) in [5, 5.41) is 3.49. The third-order valence-electron chi connectivity index (χ3n) is 3.57. The zero-order valence-corrected chi connectivity index (χ0v) is 10.9. The predicted octanol–water partition coefficient (Wildman–Crippen LogP) is 2.13. The van der Waals surface area contributed by atoms with Crippen molar-refractivity contribution in [3.05, 3.63) is 24.3 Å². The Bertz CT molecular complexity index is 350. The Morgan fingerprint density at radius 3 is 2.53 bits per heavy atom. The molecule has 2 rings (SSSR count). The van der Waals surface area contributed by atoms with Gasteiger partial charge in [-0.2, -0.15) is 0 Å². The van der Waals surface area contributed by atoms with E-state index in [9.17, 15) is 0 Å². The molecule has 0 radical (unpaired) electrons. The summed E-state index contributed by atoms with van der Waals surface area (Å²) in [5.74, 6) is 1.67. The fraction of sp³-hybridized carbons (Fsp3) is 0.571. The molecule has 0 bridgehead atoms. The van der Waals surface area contributed by atoms with Crippen molar-refractivity contribution in [1.29, 1.82) is 0 Å². The minimum absolute atomic E-state index is 0.590. The van der Waals surface area contributed by atoms with E-state index in [-0.39, 0.29) is 0 Å². The van der Waals surface area contributed by atoms with Crippen molar-refractivity contribution >= 4 is 5.69 Å². The van der Waals surface area contributed by atoms with Gasteiger partial charge in [-0.1, -0.05) is 6.92 Å². The number of piperidine rings is 1. The van der Waals surface area contributed by atoms with Crippen LogP contribution in [-0.2, 0) is 0 Å². The fourth-order valence-corrected chi connectivity index (χ4v) is 2.45. The largest absolute Gasteiger partial charge is 0.497 e. The third kappa shape index (κ3) is 2.91. The van der Waals surface area contributed by atoms with Gasteiger partial charge in [0, 0.05) is 25.3 Å². The molecule has 0 saturated carbocycles. The maximum Gasteiger partial charge on any atom is 0.119 e. The van der Waals surface area contributed by atoms with E-state index in [1.165, 1.54) is 12.1 Å². The zero-order valence-electron chi connectivity index (χ0n) is 10.9. The molecule has 1 fully saturated rings. The molecule has 1 aromatic carbocycles. The summed E-state index contributed by atoms with van der Waals surface area (Å²) in [6, 6.07) is 8.87. The molecule has 0 spiro atoms. The van der Waals surface area contributed by atoms with Gasteiger partial charge in [0.1, 0.15) is 5.75 Å². The molecule has 1 aromatic rings. The molecule has 2 unspecified atom stereocenters. The van der Waals surface area contributed by atoms with Gasteiger partial charge in [-0.05, 0) is 43.1 Å². The number of benzene rings is 1. The van der Waals surface area contributed by atoms with Crippen LogP contribution in [-0.4, -0.2) is 33.3 Å². The molecular formula is C14H22N2O. The first kappa shape index (κ1) is 12.2. The van der Waals surface area contributed by atoms with E-state index >= 15 is 0 Å². The molecule has 0 amide bonds. The van der Waals surface area contributed by atoms with Crippen LogP contribution in [0.15, 0.2) is 24.3 Å². The topological polar surface area (TPSA) is 24.5 Å². The minimum Gasteiger partial charge on any atom is -0.497 e. The van der Waals surface area contributed by atoms with Crippen LogP contribution in [0.5, 0.6) is 5.75 Å². The molecule has 1 heterocycles. The van der Waals surface area contributed by atoms with Gasteiger partial charge in [-0.15, -0.1) is 0 Å². The number of nitrogens with zero attached hydrogens (tertiary/aromatic N) is 1. The molecule has 3 nitrogen and oxygen atoms in total. The van der Waals surface area contributed by atoms with Crippen LogP contribution < -0.4 is 15.0 Å². The first-order chi connectivity index (χ1) is 8.20. The number of ether oxygens (including phenoxy) is 1. The highest BCUT2D eigenvalue weighted by Gasteiger charge is 2.22. The smallest absolute Gasteiger partial charge is 0.119 e. The Balaban J connectivity index is 2.04. The first-order valence-corrected chi connectivity index (χ1v) is 6.28. The van der Waals surface area contributed by atoms with Crippen LogP contribution in [0.3, 0.4) is 0 Å².